The van der Waals surface area contributed by atoms with Crippen LogP contribution in [0.2, 0.25) is 0 Å². The van der Waals surface area contributed by atoms with Crippen LogP contribution in [0.1, 0.15) is 27.0 Å². The van der Waals surface area contributed by atoms with Crippen LogP contribution in [0.15, 0.2) is 40.9 Å². The zero-order valence-electron chi connectivity index (χ0n) is 11.7. The Morgan fingerprint density at radius 1 is 1.10 bits per heavy atom. The number of thiocarbonyl (C=S) groups is 1. The van der Waals surface area contributed by atoms with Crippen LogP contribution in [-0.2, 0) is 0 Å². The Kier molecular flexibility index (Phi) is 4.75. The van der Waals surface area contributed by atoms with Gasteiger partial charge in [-0.2, -0.15) is 0 Å². The molecule has 0 heterocycles. The van der Waals surface area contributed by atoms with Gasteiger partial charge in [0.25, 0.3) is 5.91 Å². The Morgan fingerprint density at radius 3 is 2.38 bits per heavy atom. The van der Waals surface area contributed by atoms with E-state index in [9.17, 15) is 4.79 Å². The van der Waals surface area contributed by atoms with E-state index in [0.29, 0.717) is 16.2 Å². The minimum atomic E-state index is -0.159. The van der Waals surface area contributed by atoms with E-state index < -0.39 is 0 Å². The number of rotatable bonds is 3. The fraction of sp³-hybridized carbons (Fsp3) is 0.125. The summed E-state index contributed by atoms with van der Waals surface area (Å²) >= 11 is 8.39. The second-order valence-corrected chi connectivity index (χ2v) is 6.11. The largest absolute Gasteiger partial charge is 0.389 e. The topological polar surface area (TPSA) is 55.1 Å². The molecular weight excluding hydrogens is 348 g/mol. The van der Waals surface area contributed by atoms with Crippen LogP contribution in [-0.4, -0.2) is 10.9 Å². The zero-order chi connectivity index (χ0) is 15.6. The van der Waals surface area contributed by atoms with E-state index in [2.05, 4.69) is 21.2 Å². The molecule has 0 fully saturated rings. The summed E-state index contributed by atoms with van der Waals surface area (Å²) in [4.78, 5) is 12.6. The van der Waals surface area contributed by atoms with Crippen LogP contribution in [0.4, 0.5) is 5.69 Å². The van der Waals surface area contributed by atoms with Gasteiger partial charge >= 0.3 is 0 Å². The van der Waals surface area contributed by atoms with Crippen LogP contribution in [0.3, 0.4) is 0 Å². The number of carbonyl (C=O) groups is 1. The summed E-state index contributed by atoms with van der Waals surface area (Å²) < 4.78 is 0.978. The highest BCUT2D eigenvalue weighted by Gasteiger charge is 2.10. The zero-order valence-corrected chi connectivity index (χ0v) is 14.1. The predicted molar refractivity (Wildman–Crippen MR) is 93.9 cm³/mol. The van der Waals surface area contributed by atoms with Crippen LogP contribution < -0.4 is 11.1 Å². The molecule has 3 nitrogen and oxygen atoms in total. The molecule has 0 bridgehead atoms. The molecule has 2 aromatic carbocycles. The Hall–Kier alpha value is -1.72. The quantitative estimate of drug-likeness (QED) is 0.812. The molecule has 5 heteroatoms. The molecule has 0 aromatic heterocycles. The lowest BCUT2D eigenvalue weighted by molar-refractivity contribution is 0.102. The third-order valence-electron chi connectivity index (χ3n) is 3.19. The first-order valence-corrected chi connectivity index (χ1v) is 7.56. The molecule has 0 aliphatic carbocycles. The minimum Gasteiger partial charge on any atom is -0.389 e. The molecular formula is C16H15BrN2OS. The SMILES string of the molecule is Cc1cc(C(=O)Nc2cc(C(N)=S)ccc2C)ccc1Br. The van der Waals surface area contributed by atoms with Crippen molar-refractivity contribution in [3.63, 3.8) is 0 Å². The molecule has 0 saturated heterocycles. The van der Waals surface area contributed by atoms with Gasteiger partial charge in [-0.05, 0) is 49.2 Å². The first-order valence-electron chi connectivity index (χ1n) is 6.36. The second-order valence-electron chi connectivity index (χ2n) is 4.81. The molecule has 0 atom stereocenters. The molecule has 0 saturated carbocycles. The Balaban J connectivity index is 2.28. The van der Waals surface area contributed by atoms with Crippen molar-refractivity contribution in [2.24, 2.45) is 5.73 Å². The van der Waals surface area contributed by atoms with E-state index in [-0.39, 0.29) is 5.91 Å². The summed E-state index contributed by atoms with van der Waals surface area (Å²) in [5.41, 5.74) is 9.65. The van der Waals surface area contributed by atoms with Crippen LogP contribution in [0.5, 0.6) is 0 Å². The number of aryl methyl sites for hydroxylation is 2. The van der Waals surface area contributed by atoms with Gasteiger partial charge in [-0.1, -0.05) is 40.3 Å². The molecule has 1 amide bonds. The lowest BCUT2D eigenvalue weighted by Crippen LogP contribution is -2.15. The van der Waals surface area contributed by atoms with Crippen molar-refractivity contribution in [3.8, 4) is 0 Å². The van der Waals surface area contributed by atoms with E-state index in [1.165, 1.54) is 0 Å². The third kappa shape index (κ3) is 3.68. The molecule has 3 N–H and O–H groups in total. The number of halogens is 1. The fourth-order valence-corrected chi connectivity index (χ4v) is 2.26. The average molecular weight is 363 g/mol. The normalized spacial score (nSPS) is 10.2. The predicted octanol–water partition coefficient (Wildman–Crippen LogP) is 3.95. The maximum atomic E-state index is 12.3. The number of carbonyl (C=O) groups excluding carboxylic acids is 1. The van der Waals surface area contributed by atoms with Crippen molar-refractivity contribution in [1.82, 2.24) is 0 Å². The summed E-state index contributed by atoms with van der Waals surface area (Å²) in [6.45, 7) is 3.87. The highest BCUT2D eigenvalue weighted by Crippen LogP contribution is 2.20. The van der Waals surface area contributed by atoms with Crippen molar-refractivity contribution in [1.29, 1.82) is 0 Å². The smallest absolute Gasteiger partial charge is 0.255 e. The number of nitrogens with two attached hydrogens (primary N) is 1. The molecule has 0 radical (unpaired) electrons. The average Bonchev–Trinajstić information content (AvgIpc) is 2.43. The van der Waals surface area contributed by atoms with E-state index in [1.807, 2.05) is 38.1 Å². The van der Waals surface area contributed by atoms with Crippen molar-refractivity contribution < 1.29 is 4.79 Å². The maximum Gasteiger partial charge on any atom is 0.255 e. The van der Waals surface area contributed by atoms with Gasteiger partial charge in [0.2, 0.25) is 0 Å². The molecule has 2 rings (SSSR count). The summed E-state index contributed by atoms with van der Waals surface area (Å²) in [5.74, 6) is -0.159. The van der Waals surface area contributed by atoms with E-state index in [0.717, 1.165) is 21.2 Å². The Labute approximate surface area is 137 Å². The molecule has 0 aliphatic heterocycles. The van der Waals surface area contributed by atoms with Gasteiger partial charge in [0.05, 0.1) is 0 Å². The summed E-state index contributed by atoms with van der Waals surface area (Å²) in [6, 6.07) is 11.0. The Bertz CT molecular complexity index is 728. The molecule has 0 aliphatic rings. The highest BCUT2D eigenvalue weighted by molar-refractivity contribution is 9.10. The Morgan fingerprint density at radius 2 is 1.76 bits per heavy atom. The summed E-state index contributed by atoms with van der Waals surface area (Å²) in [5, 5.41) is 2.90. The number of benzene rings is 2. The van der Waals surface area contributed by atoms with Crippen molar-refractivity contribution in [2.45, 2.75) is 13.8 Å². The first-order chi connectivity index (χ1) is 9.88. The van der Waals surface area contributed by atoms with Gasteiger partial charge < -0.3 is 11.1 Å². The van der Waals surface area contributed by atoms with Crippen LogP contribution in [0, 0.1) is 13.8 Å². The van der Waals surface area contributed by atoms with Gasteiger partial charge in [0, 0.05) is 21.3 Å². The fourth-order valence-electron chi connectivity index (χ4n) is 1.89. The van der Waals surface area contributed by atoms with Gasteiger partial charge in [0.1, 0.15) is 4.99 Å². The van der Waals surface area contributed by atoms with Crippen molar-refractivity contribution in [2.75, 3.05) is 5.32 Å². The molecule has 21 heavy (non-hydrogen) atoms. The van der Waals surface area contributed by atoms with Gasteiger partial charge in [-0.15, -0.1) is 0 Å². The minimum absolute atomic E-state index is 0.159. The second kappa shape index (κ2) is 6.37. The number of amides is 1. The van der Waals surface area contributed by atoms with Gasteiger partial charge in [0.15, 0.2) is 0 Å². The monoisotopic (exact) mass is 362 g/mol. The number of anilines is 1. The molecule has 2 aromatic rings. The van der Waals surface area contributed by atoms with Crippen LogP contribution >= 0.6 is 28.1 Å². The maximum absolute atomic E-state index is 12.3. The van der Waals surface area contributed by atoms with Gasteiger partial charge in [-0.3, -0.25) is 4.79 Å². The van der Waals surface area contributed by atoms with Crippen LogP contribution in [0.25, 0.3) is 0 Å². The van der Waals surface area contributed by atoms with Crippen molar-refractivity contribution >= 4 is 44.7 Å². The van der Waals surface area contributed by atoms with Crippen molar-refractivity contribution in [3.05, 3.63) is 63.1 Å². The highest BCUT2D eigenvalue weighted by atomic mass is 79.9. The third-order valence-corrected chi connectivity index (χ3v) is 4.32. The first kappa shape index (κ1) is 15.7. The van der Waals surface area contributed by atoms with Gasteiger partial charge in [-0.25, -0.2) is 0 Å². The number of nitrogens with one attached hydrogen (secondary N) is 1. The summed E-state index contributed by atoms with van der Waals surface area (Å²) in [7, 11) is 0. The number of hydrogen-bond donors (Lipinski definition) is 2. The molecule has 0 spiro atoms. The van der Waals surface area contributed by atoms with E-state index >= 15 is 0 Å². The number of hydrogen-bond acceptors (Lipinski definition) is 2. The molecule has 108 valence electrons. The van der Waals surface area contributed by atoms with E-state index in [4.69, 9.17) is 18.0 Å². The van der Waals surface area contributed by atoms with E-state index in [1.54, 1.807) is 12.1 Å². The lowest BCUT2D eigenvalue weighted by Gasteiger charge is -2.11. The lowest BCUT2D eigenvalue weighted by atomic mass is 10.1. The molecule has 0 unspecified atom stereocenters. The summed E-state index contributed by atoms with van der Waals surface area (Å²) in [6.07, 6.45) is 0. The standard InChI is InChI=1S/C16H15BrN2OS/c1-9-3-4-11(15(18)21)8-14(9)19-16(20)12-5-6-13(17)10(2)7-12/h3-8H,1-2H3,(H2,18,21)(H,19,20).